The largest absolute Gasteiger partial charge is 0.464 e. The summed E-state index contributed by atoms with van der Waals surface area (Å²) in [6.07, 6.45) is 0. The van der Waals surface area contributed by atoms with Crippen LogP contribution in [0.15, 0.2) is 39.6 Å². The summed E-state index contributed by atoms with van der Waals surface area (Å²) in [7, 11) is -3.81. The van der Waals surface area contributed by atoms with Crippen molar-refractivity contribution in [3.63, 3.8) is 0 Å². The number of hydrogen-bond donors (Lipinski definition) is 2. The first kappa shape index (κ1) is 15.7. The molecule has 3 N–H and O–H groups in total. The van der Waals surface area contributed by atoms with Crippen LogP contribution in [-0.4, -0.2) is 8.42 Å². The third-order valence-corrected chi connectivity index (χ3v) is 4.77. The fraction of sp³-hybridized carbons (Fsp3) is 0.286. The van der Waals surface area contributed by atoms with E-state index in [-0.39, 0.29) is 22.8 Å². The molecule has 0 amide bonds. The van der Waals surface area contributed by atoms with E-state index in [1.54, 1.807) is 26.0 Å². The van der Waals surface area contributed by atoms with Gasteiger partial charge in [-0.15, -0.1) is 0 Å². The van der Waals surface area contributed by atoms with Crippen molar-refractivity contribution in [1.29, 1.82) is 0 Å². The van der Waals surface area contributed by atoms with E-state index in [1.807, 2.05) is 0 Å². The van der Waals surface area contributed by atoms with Crippen LogP contribution < -0.4 is 10.5 Å². The van der Waals surface area contributed by atoms with E-state index in [0.29, 0.717) is 5.76 Å². The van der Waals surface area contributed by atoms with E-state index in [4.69, 9.17) is 10.2 Å². The van der Waals surface area contributed by atoms with Gasteiger partial charge in [-0.2, -0.15) is 0 Å². The van der Waals surface area contributed by atoms with E-state index in [1.165, 1.54) is 18.2 Å². The Labute approximate surface area is 123 Å². The van der Waals surface area contributed by atoms with Crippen LogP contribution >= 0.6 is 0 Å². The zero-order valence-corrected chi connectivity index (χ0v) is 12.6. The van der Waals surface area contributed by atoms with Gasteiger partial charge in [-0.05, 0) is 19.9 Å². The summed E-state index contributed by atoms with van der Waals surface area (Å²) in [4.78, 5) is 0.0196. The highest BCUT2D eigenvalue weighted by atomic mass is 32.2. The first-order chi connectivity index (χ1) is 9.85. The molecule has 2 aromatic rings. The number of hydrogen-bond acceptors (Lipinski definition) is 4. The molecule has 0 saturated heterocycles. The van der Waals surface area contributed by atoms with Gasteiger partial charge >= 0.3 is 0 Å². The van der Waals surface area contributed by atoms with Gasteiger partial charge < -0.3 is 10.2 Å². The maximum absolute atomic E-state index is 13.7. The molecule has 21 heavy (non-hydrogen) atoms. The molecule has 0 fully saturated rings. The summed E-state index contributed by atoms with van der Waals surface area (Å²) >= 11 is 0. The molecule has 0 bridgehead atoms. The van der Waals surface area contributed by atoms with Gasteiger partial charge in [0.05, 0.1) is 6.54 Å². The van der Waals surface area contributed by atoms with Crippen molar-refractivity contribution >= 4 is 10.0 Å². The van der Waals surface area contributed by atoms with Gasteiger partial charge in [0.15, 0.2) is 0 Å². The lowest BCUT2D eigenvalue weighted by molar-refractivity contribution is 0.478. The number of furan rings is 1. The topological polar surface area (TPSA) is 85.3 Å². The van der Waals surface area contributed by atoms with Crippen molar-refractivity contribution < 1.29 is 17.2 Å². The molecular weight excluding hydrogens is 295 g/mol. The van der Waals surface area contributed by atoms with E-state index < -0.39 is 21.9 Å². The minimum atomic E-state index is -3.81. The lowest BCUT2D eigenvalue weighted by Gasteiger charge is -2.14. The molecule has 1 atom stereocenters. The number of rotatable bonds is 5. The third kappa shape index (κ3) is 3.31. The SMILES string of the molecule is Cc1oc(CN)cc1S(=O)(=O)NC(C)c1ccccc1F. The van der Waals surface area contributed by atoms with Crippen molar-refractivity contribution in [1.82, 2.24) is 4.72 Å². The van der Waals surface area contributed by atoms with Gasteiger partial charge in [-0.25, -0.2) is 17.5 Å². The number of nitrogens with two attached hydrogens (primary N) is 1. The summed E-state index contributed by atoms with van der Waals surface area (Å²) in [6, 6.07) is 6.70. The third-order valence-electron chi connectivity index (χ3n) is 3.12. The molecular formula is C14H17FN2O3S. The fourth-order valence-corrected chi connectivity index (χ4v) is 3.50. The Bertz CT molecular complexity index is 740. The van der Waals surface area contributed by atoms with Crippen LogP contribution in [0, 0.1) is 12.7 Å². The summed E-state index contributed by atoms with van der Waals surface area (Å²) in [5, 5.41) is 0. The van der Waals surface area contributed by atoms with Crippen molar-refractivity contribution in [2.75, 3.05) is 0 Å². The lowest BCUT2D eigenvalue weighted by atomic mass is 10.1. The predicted molar refractivity (Wildman–Crippen MR) is 76.5 cm³/mol. The Morgan fingerprint density at radius 2 is 2.05 bits per heavy atom. The quantitative estimate of drug-likeness (QED) is 0.886. The first-order valence-electron chi connectivity index (χ1n) is 6.41. The minimum absolute atomic E-state index is 0.0196. The highest BCUT2D eigenvalue weighted by Gasteiger charge is 2.24. The number of aryl methyl sites for hydroxylation is 1. The van der Waals surface area contributed by atoms with Crippen LogP contribution in [0.5, 0.6) is 0 Å². The van der Waals surface area contributed by atoms with Crippen LogP contribution in [0.1, 0.15) is 30.0 Å². The second-order valence-electron chi connectivity index (χ2n) is 4.70. The summed E-state index contributed by atoms with van der Waals surface area (Å²) in [6.45, 7) is 3.23. The van der Waals surface area contributed by atoms with Crippen molar-refractivity contribution in [2.45, 2.75) is 31.3 Å². The molecule has 0 saturated carbocycles. The van der Waals surface area contributed by atoms with Crippen molar-refractivity contribution in [3.05, 3.63) is 53.2 Å². The molecule has 5 nitrogen and oxygen atoms in total. The van der Waals surface area contributed by atoms with Gasteiger partial charge in [-0.3, -0.25) is 0 Å². The number of benzene rings is 1. The molecule has 0 aliphatic carbocycles. The van der Waals surface area contributed by atoms with E-state index in [0.717, 1.165) is 0 Å². The molecule has 1 aromatic heterocycles. The summed E-state index contributed by atoms with van der Waals surface area (Å²) in [5.74, 6) is 0.175. The minimum Gasteiger partial charge on any atom is -0.464 e. The molecule has 0 aliphatic heterocycles. The second kappa shape index (κ2) is 5.97. The zero-order valence-electron chi connectivity index (χ0n) is 11.8. The number of halogens is 1. The number of nitrogens with one attached hydrogen (secondary N) is 1. The first-order valence-corrected chi connectivity index (χ1v) is 7.89. The van der Waals surface area contributed by atoms with Crippen LogP contribution in [0.3, 0.4) is 0 Å². The maximum Gasteiger partial charge on any atom is 0.244 e. The average Bonchev–Trinajstić information content (AvgIpc) is 2.81. The molecule has 1 unspecified atom stereocenters. The normalized spacial score (nSPS) is 13.3. The highest BCUT2D eigenvalue weighted by Crippen LogP contribution is 2.23. The Morgan fingerprint density at radius 1 is 1.38 bits per heavy atom. The van der Waals surface area contributed by atoms with Crippen molar-refractivity contribution in [2.24, 2.45) is 5.73 Å². The molecule has 2 rings (SSSR count). The van der Waals surface area contributed by atoms with Crippen LogP contribution in [0.4, 0.5) is 4.39 Å². The van der Waals surface area contributed by atoms with E-state index >= 15 is 0 Å². The highest BCUT2D eigenvalue weighted by molar-refractivity contribution is 7.89. The van der Waals surface area contributed by atoms with Crippen LogP contribution in [0.25, 0.3) is 0 Å². The molecule has 1 aromatic carbocycles. The molecule has 0 spiro atoms. The second-order valence-corrected chi connectivity index (χ2v) is 6.38. The average molecular weight is 312 g/mol. The van der Waals surface area contributed by atoms with Gasteiger partial charge in [0.25, 0.3) is 0 Å². The van der Waals surface area contributed by atoms with E-state index in [9.17, 15) is 12.8 Å². The van der Waals surface area contributed by atoms with Gasteiger partial charge in [-0.1, -0.05) is 18.2 Å². The monoisotopic (exact) mass is 312 g/mol. The molecule has 0 radical (unpaired) electrons. The van der Waals surface area contributed by atoms with Crippen LogP contribution in [0.2, 0.25) is 0 Å². The lowest BCUT2D eigenvalue weighted by Crippen LogP contribution is -2.27. The molecule has 0 aliphatic rings. The molecule has 1 heterocycles. The maximum atomic E-state index is 13.7. The van der Waals surface area contributed by atoms with Crippen LogP contribution in [-0.2, 0) is 16.6 Å². The van der Waals surface area contributed by atoms with Gasteiger partial charge in [0.2, 0.25) is 10.0 Å². The molecule has 7 heteroatoms. The van der Waals surface area contributed by atoms with E-state index in [2.05, 4.69) is 4.72 Å². The number of sulfonamides is 1. The fourth-order valence-electron chi connectivity index (χ4n) is 2.08. The molecule has 114 valence electrons. The van der Waals surface area contributed by atoms with Gasteiger partial charge in [0, 0.05) is 17.7 Å². The zero-order chi connectivity index (χ0) is 15.6. The Hall–Kier alpha value is -1.70. The summed E-state index contributed by atoms with van der Waals surface area (Å²) < 4.78 is 46.1. The Balaban J connectivity index is 2.29. The predicted octanol–water partition coefficient (Wildman–Crippen LogP) is 2.23. The Kier molecular flexibility index (Phi) is 4.46. The van der Waals surface area contributed by atoms with Crippen molar-refractivity contribution in [3.8, 4) is 0 Å². The standard InChI is InChI=1S/C14H17FN2O3S/c1-9(12-5-3-4-6-13(12)15)17-21(18,19)14-7-11(8-16)20-10(14)2/h3-7,9,17H,8,16H2,1-2H3. The Morgan fingerprint density at radius 3 is 2.62 bits per heavy atom. The van der Waals surface area contributed by atoms with Gasteiger partial charge in [0.1, 0.15) is 22.2 Å². The summed E-state index contributed by atoms with van der Waals surface area (Å²) in [5.41, 5.74) is 5.71. The smallest absolute Gasteiger partial charge is 0.244 e.